The average molecular weight is 315 g/mol. The smallest absolute Gasteiger partial charge is 0.423 e. The number of aromatic nitrogens is 2. The molecular weight excluding hydrogens is 289 g/mol. The molecule has 3 rings (SSSR count). The molecule has 0 radical (unpaired) electrons. The summed E-state index contributed by atoms with van der Waals surface area (Å²) < 4.78 is 5.85. The molecule has 1 aromatic heterocycles. The molecule has 23 heavy (non-hydrogen) atoms. The van der Waals surface area contributed by atoms with Crippen LogP contribution in [0.2, 0.25) is 0 Å². The lowest BCUT2D eigenvalue weighted by Crippen LogP contribution is -2.44. The lowest BCUT2D eigenvalue weighted by Gasteiger charge is -2.31. The van der Waals surface area contributed by atoms with E-state index in [1.807, 2.05) is 32.0 Å². The monoisotopic (exact) mass is 315 g/mol. The number of fused-ring (bicyclic) bond motifs is 1. The number of nitrogens with zero attached hydrogens (tertiary/aromatic N) is 1. The second kappa shape index (κ2) is 6.26. The van der Waals surface area contributed by atoms with E-state index < -0.39 is 7.12 Å². The summed E-state index contributed by atoms with van der Waals surface area (Å²) in [6.07, 6.45) is 2.30. The Morgan fingerprint density at radius 1 is 1.39 bits per heavy atom. The Morgan fingerprint density at radius 3 is 2.83 bits per heavy atom. The molecule has 124 valence electrons. The molecule has 1 aliphatic rings. The van der Waals surface area contributed by atoms with Gasteiger partial charge in [0.2, 0.25) is 0 Å². The Hall–Kier alpha value is -1.37. The van der Waals surface area contributed by atoms with Crippen LogP contribution in [0.5, 0.6) is 0 Å². The van der Waals surface area contributed by atoms with Crippen molar-refractivity contribution in [1.29, 1.82) is 0 Å². The van der Waals surface area contributed by atoms with Crippen molar-refractivity contribution in [3.8, 4) is 0 Å². The Balaban J connectivity index is 1.82. The maximum atomic E-state index is 10.4. The number of imidazole rings is 1. The first-order valence-corrected chi connectivity index (χ1v) is 8.45. The molecular formula is C17H26BN3O2. The highest BCUT2D eigenvalue weighted by Crippen LogP contribution is 2.23. The number of aromatic amines is 1. The van der Waals surface area contributed by atoms with Gasteiger partial charge in [0.1, 0.15) is 5.82 Å². The van der Waals surface area contributed by atoms with Crippen molar-refractivity contribution in [3.63, 3.8) is 0 Å². The van der Waals surface area contributed by atoms with Gasteiger partial charge >= 0.3 is 7.12 Å². The third-order valence-electron chi connectivity index (χ3n) is 5.01. The highest BCUT2D eigenvalue weighted by atomic mass is 16.5. The number of rotatable bonds is 5. The van der Waals surface area contributed by atoms with Crippen molar-refractivity contribution < 1.29 is 9.68 Å². The molecule has 2 heterocycles. The van der Waals surface area contributed by atoms with E-state index in [2.05, 4.69) is 29.1 Å². The first-order chi connectivity index (χ1) is 10.9. The fourth-order valence-electron chi connectivity index (χ4n) is 2.78. The maximum Gasteiger partial charge on any atom is 0.491 e. The molecule has 0 bridgehead atoms. The summed E-state index contributed by atoms with van der Waals surface area (Å²) in [4.78, 5) is 8.04. The SMILES string of the molecule is CC(C)C(C)(C)OB(O)c1ccc2nc(C3CCCN3)[nH]c2c1. The van der Waals surface area contributed by atoms with Crippen molar-refractivity contribution in [2.75, 3.05) is 6.54 Å². The first kappa shape index (κ1) is 16.5. The first-order valence-electron chi connectivity index (χ1n) is 8.45. The molecule has 1 fully saturated rings. The van der Waals surface area contributed by atoms with Gasteiger partial charge in [0.15, 0.2) is 0 Å². The Morgan fingerprint density at radius 2 is 2.17 bits per heavy atom. The van der Waals surface area contributed by atoms with Gasteiger partial charge in [0.05, 0.1) is 22.7 Å². The zero-order valence-electron chi connectivity index (χ0n) is 14.4. The Labute approximate surface area is 138 Å². The van der Waals surface area contributed by atoms with Crippen molar-refractivity contribution >= 4 is 23.6 Å². The molecule has 1 unspecified atom stereocenters. The van der Waals surface area contributed by atoms with E-state index in [9.17, 15) is 5.02 Å². The number of H-pyrrole nitrogens is 1. The van der Waals surface area contributed by atoms with Crippen LogP contribution in [0.3, 0.4) is 0 Å². The quantitative estimate of drug-likeness (QED) is 0.739. The Kier molecular flexibility index (Phi) is 4.49. The molecule has 0 aliphatic carbocycles. The van der Waals surface area contributed by atoms with E-state index in [4.69, 9.17) is 4.65 Å². The molecule has 1 saturated heterocycles. The number of benzene rings is 1. The van der Waals surface area contributed by atoms with Crippen LogP contribution in [0.4, 0.5) is 0 Å². The summed E-state index contributed by atoms with van der Waals surface area (Å²) in [7, 11) is -0.937. The van der Waals surface area contributed by atoms with Crippen LogP contribution in [0.15, 0.2) is 18.2 Å². The van der Waals surface area contributed by atoms with Gasteiger partial charge in [0.25, 0.3) is 0 Å². The predicted molar refractivity (Wildman–Crippen MR) is 93.7 cm³/mol. The van der Waals surface area contributed by atoms with E-state index in [0.29, 0.717) is 12.0 Å². The van der Waals surface area contributed by atoms with Crippen LogP contribution in [-0.4, -0.2) is 34.3 Å². The zero-order valence-corrected chi connectivity index (χ0v) is 14.4. The van der Waals surface area contributed by atoms with Gasteiger partial charge in [-0.25, -0.2) is 4.98 Å². The van der Waals surface area contributed by atoms with Crippen LogP contribution in [-0.2, 0) is 4.65 Å². The molecule has 2 aromatic rings. The largest absolute Gasteiger partial charge is 0.491 e. The summed E-state index contributed by atoms with van der Waals surface area (Å²) in [6, 6.07) is 6.07. The molecule has 0 spiro atoms. The van der Waals surface area contributed by atoms with Crippen LogP contribution in [0.1, 0.15) is 52.4 Å². The molecule has 6 heteroatoms. The van der Waals surface area contributed by atoms with E-state index >= 15 is 0 Å². The topological polar surface area (TPSA) is 70.2 Å². The number of hydrogen-bond donors (Lipinski definition) is 3. The lowest BCUT2D eigenvalue weighted by atomic mass is 9.77. The standard InChI is InChI=1S/C17H26BN3O2/c1-11(2)17(3,4)23-18(22)12-7-8-13-15(10-12)21-16(20-13)14-6-5-9-19-14/h7-8,10-11,14,19,22H,5-6,9H2,1-4H3,(H,20,21). The van der Waals surface area contributed by atoms with Crippen LogP contribution < -0.4 is 10.8 Å². The lowest BCUT2D eigenvalue weighted by molar-refractivity contribution is 0.0423. The zero-order chi connectivity index (χ0) is 16.6. The molecule has 1 atom stereocenters. The van der Waals surface area contributed by atoms with Gasteiger partial charge in [-0.05, 0) is 56.7 Å². The fraction of sp³-hybridized carbons (Fsp3) is 0.588. The van der Waals surface area contributed by atoms with Gasteiger partial charge in [-0.3, -0.25) is 0 Å². The molecule has 5 nitrogen and oxygen atoms in total. The third kappa shape index (κ3) is 3.44. The predicted octanol–water partition coefficient (Wildman–Crippen LogP) is 2.13. The second-order valence-electron chi connectivity index (χ2n) is 7.28. The van der Waals surface area contributed by atoms with Gasteiger partial charge in [-0.2, -0.15) is 0 Å². The van der Waals surface area contributed by atoms with Gasteiger partial charge in [-0.15, -0.1) is 0 Å². The van der Waals surface area contributed by atoms with E-state index in [-0.39, 0.29) is 5.60 Å². The molecule has 1 aliphatic heterocycles. The van der Waals surface area contributed by atoms with Crippen molar-refractivity contribution in [1.82, 2.24) is 15.3 Å². The summed E-state index contributed by atoms with van der Waals surface area (Å²) >= 11 is 0. The molecule has 0 amide bonds. The third-order valence-corrected chi connectivity index (χ3v) is 5.01. The summed E-state index contributed by atoms with van der Waals surface area (Å²) in [5.41, 5.74) is 2.23. The second-order valence-corrected chi connectivity index (χ2v) is 7.28. The van der Waals surface area contributed by atoms with Crippen molar-refractivity contribution in [2.24, 2.45) is 5.92 Å². The minimum atomic E-state index is -0.937. The highest BCUT2D eigenvalue weighted by molar-refractivity contribution is 6.60. The van der Waals surface area contributed by atoms with Crippen molar-refractivity contribution in [3.05, 3.63) is 24.0 Å². The maximum absolute atomic E-state index is 10.4. The number of nitrogens with one attached hydrogen (secondary N) is 2. The van der Waals surface area contributed by atoms with E-state index in [1.54, 1.807) is 0 Å². The Bertz CT molecular complexity index is 678. The molecule has 1 aromatic carbocycles. The molecule has 0 saturated carbocycles. The van der Waals surface area contributed by atoms with Gasteiger partial charge < -0.3 is 20.0 Å². The minimum absolute atomic E-state index is 0.312. The van der Waals surface area contributed by atoms with Crippen LogP contribution >= 0.6 is 0 Å². The average Bonchev–Trinajstić information content (AvgIpc) is 3.14. The van der Waals surface area contributed by atoms with Crippen LogP contribution in [0, 0.1) is 5.92 Å². The number of hydrogen-bond acceptors (Lipinski definition) is 4. The van der Waals surface area contributed by atoms with Gasteiger partial charge in [-0.1, -0.05) is 19.9 Å². The normalized spacial score (nSPS) is 19.0. The van der Waals surface area contributed by atoms with E-state index in [0.717, 1.165) is 35.3 Å². The van der Waals surface area contributed by atoms with Gasteiger partial charge in [0, 0.05) is 0 Å². The van der Waals surface area contributed by atoms with Crippen LogP contribution in [0.25, 0.3) is 11.0 Å². The summed E-state index contributed by atoms with van der Waals surface area (Å²) in [6.45, 7) is 9.22. The summed E-state index contributed by atoms with van der Waals surface area (Å²) in [5, 5.41) is 13.9. The highest BCUT2D eigenvalue weighted by Gasteiger charge is 2.30. The van der Waals surface area contributed by atoms with E-state index in [1.165, 1.54) is 6.42 Å². The van der Waals surface area contributed by atoms with Crippen molar-refractivity contribution in [2.45, 2.75) is 52.2 Å². The fourth-order valence-corrected chi connectivity index (χ4v) is 2.78. The minimum Gasteiger partial charge on any atom is -0.423 e. The molecule has 3 N–H and O–H groups in total. The summed E-state index contributed by atoms with van der Waals surface area (Å²) in [5.74, 6) is 1.29.